The second-order valence-corrected chi connectivity index (χ2v) is 10.7. The SMILES string of the molecule is CCCCN(CCCC)CC(=O)OCc1ccc(-c2ccc(COC(=O)CN(CCCC)CCCC)cc2)cc1. The molecule has 0 spiro atoms. The number of esters is 2. The van der Waals surface area contributed by atoms with Crippen molar-refractivity contribution in [2.24, 2.45) is 0 Å². The van der Waals surface area contributed by atoms with E-state index in [9.17, 15) is 9.59 Å². The van der Waals surface area contributed by atoms with Crippen molar-refractivity contribution in [3.05, 3.63) is 59.7 Å². The summed E-state index contributed by atoms with van der Waals surface area (Å²) in [7, 11) is 0. The fourth-order valence-corrected chi connectivity index (χ4v) is 4.44. The third-order valence-corrected chi connectivity index (χ3v) is 7.06. The molecule has 0 fully saturated rings. The average Bonchev–Trinajstić information content (AvgIpc) is 2.98. The van der Waals surface area contributed by atoms with E-state index in [-0.39, 0.29) is 25.2 Å². The number of hydrogen-bond donors (Lipinski definition) is 0. The summed E-state index contributed by atoms with van der Waals surface area (Å²) in [5, 5.41) is 0. The van der Waals surface area contributed by atoms with Crippen molar-refractivity contribution in [1.29, 1.82) is 0 Å². The molecule has 0 radical (unpaired) electrons. The Morgan fingerprint density at radius 1 is 0.525 bits per heavy atom. The Bertz CT molecular complexity index is 863. The smallest absolute Gasteiger partial charge is 0.320 e. The molecule has 2 rings (SSSR count). The van der Waals surface area contributed by atoms with Gasteiger partial charge >= 0.3 is 11.9 Å². The lowest BCUT2D eigenvalue weighted by Crippen LogP contribution is -2.32. The van der Waals surface area contributed by atoms with Gasteiger partial charge in [0, 0.05) is 0 Å². The van der Waals surface area contributed by atoms with E-state index in [1.54, 1.807) is 0 Å². The molecule has 222 valence electrons. The maximum absolute atomic E-state index is 12.4. The van der Waals surface area contributed by atoms with Crippen LogP contribution in [0.4, 0.5) is 0 Å². The molecule has 0 unspecified atom stereocenters. The van der Waals surface area contributed by atoms with Crippen molar-refractivity contribution >= 4 is 11.9 Å². The summed E-state index contributed by atoms with van der Waals surface area (Å²) >= 11 is 0. The van der Waals surface area contributed by atoms with Gasteiger partial charge in [-0.25, -0.2) is 0 Å². The lowest BCUT2D eigenvalue weighted by Gasteiger charge is -2.20. The van der Waals surface area contributed by atoms with Gasteiger partial charge in [-0.05, 0) is 74.1 Å². The normalized spacial score (nSPS) is 11.2. The highest BCUT2D eigenvalue weighted by molar-refractivity contribution is 5.72. The highest BCUT2D eigenvalue weighted by atomic mass is 16.5. The molecule has 2 aromatic rings. The van der Waals surface area contributed by atoms with Gasteiger partial charge in [-0.3, -0.25) is 19.4 Å². The van der Waals surface area contributed by atoms with Crippen LogP contribution in [0.5, 0.6) is 0 Å². The van der Waals surface area contributed by atoms with E-state index >= 15 is 0 Å². The highest BCUT2D eigenvalue weighted by Crippen LogP contribution is 2.21. The molecule has 2 aromatic carbocycles. The van der Waals surface area contributed by atoms with Crippen LogP contribution >= 0.6 is 0 Å². The third kappa shape index (κ3) is 13.6. The first-order valence-electron chi connectivity index (χ1n) is 15.4. The zero-order chi connectivity index (χ0) is 29.0. The maximum atomic E-state index is 12.4. The first-order chi connectivity index (χ1) is 19.5. The first kappa shape index (κ1) is 33.5. The van der Waals surface area contributed by atoms with Gasteiger partial charge in [-0.15, -0.1) is 0 Å². The van der Waals surface area contributed by atoms with Crippen molar-refractivity contribution in [1.82, 2.24) is 9.80 Å². The van der Waals surface area contributed by atoms with Crippen LogP contribution in [0.2, 0.25) is 0 Å². The van der Waals surface area contributed by atoms with Crippen LogP contribution in [-0.2, 0) is 32.3 Å². The summed E-state index contributed by atoms with van der Waals surface area (Å²) in [6.45, 7) is 13.7. The van der Waals surface area contributed by atoms with E-state index < -0.39 is 0 Å². The minimum Gasteiger partial charge on any atom is -0.460 e. The van der Waals surface area contributed by atoms with E-state index in [2.05, 4.69) is 37.5 Å². The average molecular weight is 553 g/mol. The molecule has 0 atom stereocenters. The quantitative estimate of drug-likeness (QED) is 0.152. The Hall–Kier alpha value is -2.70. The summed E-state index contributed by atoms with van der Waals surface area (Å²) in [6, 6.07) is 16.2. The predicted molar refractivity (Wildman–Crippen MR) is 164 cm³/mol. The van der Waals surface area contributed by atoms with Crippen LogP contribution in [-0.4, -0.2) is 61.0 Å². The maximum Gasteiger partial charge on any atom is 0.320 e. The Kier molecular flexibility index (Phi) is 16.9. The number of ether oxygens (including phenoxy) is 2. The van der Waals surface area contributed by atoms with Crippen LogP contribution < -0.4 is 0 Å². The highest BCUT2D eigenvalue weighted by Gasteiger charge is 2.13. The Balaban J connectivity index is 1.81. The van der Waals surface area contributed by atoms with Gasteiger partial charge in [0.2, 0.25) is 0 Å². The standard InChI is InChI=1S/C34H52N2O4/c1-5-9-21-35(22-10-6-2)25-33(37)39-27-29-13-17-31(18-14-29)32-19-15-30(16-20-32)28-40-34(38)26-36(23-11-7-3)24-12-8-4/h13-20H,5-12,21-28H2,1-4H3. The molecule has 0 aliphatic rings. The molecule has 0 aliphatic carbocycles. The van der Waals surface area contributed by atoms with E-state index in [1.165, 1.54) is 0 Å². The van der Waals surface area contributed by atoms with Crippen molar-refractivity contribution < 1.29 is 19.1 Å². The summed E-state index contributed by atoms with van der Waals surface area (Å²) in [4.78, 5) is 29.2. The number of hydrogen-bond acceptors (Lipinski definition) is 6. The molecular formula is C34H52N2O4. The third-order valence-electron chi connectivity index (χ3n) is 7.06. The second-order valence-electron chi connectivity index (χ2n) is 10.7. The van der Waals surface area contributed by atoms with Gasteiger partial charge in [-0.2, -0.15) is 0 Å². The molecule has 40 heavy (non-hydrogen) atoms. The van der Waals surface area contributed by atoms with E-state index in [0.29, 0.717) is 13.1 Å². The molecule has 0 saturated carbocycles. The Morgan fingerprint density at radius 3 is 1.10 bits per heavy atom. The van der Waals surface area contributed by atoms with Gasteiger partial charge in [0.1, 0.15) is 13.2 Å². The Morgan fingerprint density at radius 2 is 0.825 bits per heavy atom. The van der Waals surface area contributed by atoms with Crippen molar-refractivity contribution in [2.45, 2.75) is 92.3 Å². The van der Waals surface area contributed by atoms with Crippen LogP contribution in [0.25, 0.3) is 11.1 Å². The zero-order valence-corrected chi connectivity index (χ0v) is 25.5. The fourth-order valence-electron chi connectivity index (χ4n) is 4.44. The van der Waals surface area contributed by atoms with Gasteiger partial charge in [-0.1, -0.05) is 102 Å². The fraction of sp³-hybridized carbons (Fsp3) is 0.588. The minimum atomic E-state index is -0.165. The van der Waals surface area contributed by atoms with Crippen LogP contribution in [0.1, 0.15) is 90.2 Å². The number of nitrogens with zero attached hydrogens (tertiary/aromatic N) is 2. The van der Waals surface area contributed by atoms with Crippen LogP contribution in [0, 0.1) is 0 Å². The molecule has 0 N–H and O–H groups in total. The second kappa shape index (κ2) is 20.2. The zero-order valence-electron chi connectivity index (χ0n) is 25.5. The van der Waals surface area contributed by atoms with Crippen molar-refractivity contribution in [3.63, 3.8) is 0 Å². The summed E-state index contributed by atoms with van der Waals surface area (Å²) in [5.41, 5.74) is 4.13. The summed E-state index contributed by atoms with van der Waals surface area (Å²) < 4.78 is 11.1. The molecule has 0 heterocycles. The number of benzene rings is 2. The molecule has 0 amide bonds. The lowest BCUT2D eigenvalue weighted by atomic mass is 10.0. The largest absolute Gasteiger partial charge is 0.460 e. The van der Waals surface area contributed by atoms with Crippen LogP contribution in [0.3, 0.4) is 0 Å². The topological polar surface area (TPSA) is 59.1 Å². The van der Waals surface area contributed by atoms with Crippen molar-refractivity contribution in [2.75, 3.05) is 39.3 Å². The molecule has 0 aliphatic heterocycles. The van der Waals surface area contributed by atoms with E-state index in [4.69, 9.17) is 9.47 Å². The van der Waals surface area contributed by atoms with Gasteiger partial charge in [0.15, 0.2) is 0 Å². The number of unbranched alkanes of at least 4 members (excludes halogenated alkanes) is 4. The molecule has 0 bridgehead atoms. The van der Waals surface area contributed by atoms with Gasteiger partial charge in [0.25, 0.3) is 0 Å². The molecular weight excluding hydrogens is 500 g/mol. The number of carbonyl (C=O) groups excluding carboxylic acids is 2. The van der Waals surface area contributed by atoms with E-state index in [0.717, 1.165) is 99.8 Å². The molecule has 0 saturated heterocycles. The number of rotatable bonds is 21. The Labute approximate surface area is 243 Å². The molecule has 0 aromatic heterocycles. The van der Waals surface area contributed by atoms with E-state index in [1.807, 2.05) is 48.5 Å². The molecule has 6 nitrogen and oxygen atoms in total. The lowest BCUT2D eigenvalue weighted by molar-refractivity contribution is -0.147. The minimum absolute atomic E-state index is 0.165. The summed E-state index contributed by atoms with van der Waals surface area (Å²) in [6.07, 6.45) is 8.88. The number of carbonyl (C=O) groups is 2. The summed E-state index contributed by atoms with van der Waals surface area (Å²) in [5.74, 6) is -0.329. The first-order valence-corrected chi connectivity index (χ1v) is 15.4. The molecule has 6 heteroatoms. The monoisotopic (exact) mass is 552 g/mol. The van der Waals surface area contributed by atoms with Crippen LogP contribution in [0.15, 0.2) is 48.5 Å². The predicted octanol–water partition coefficient (Wildman–Crippen LogP) is 7.24. The van der Waals surface area contributed by atoms with Gasteiger partial charge in [0.05, 0.1) is 13.1 Å². The van der Waals surface area contributed by atoms with Gasteiger partial charge < -0.3 is 9.47 Å². The van der Waals surface area contributed by atoms with Crippen molar-refractivity contribution in [3.8, 4) is 11.1 Å².